The van der Waals surface area contributed by atoms with Crippen molar-refractivity contribution in [2.75, 3.05) is 12.4 Å². The maximum atomic E-state index is 12.3. The van der Waals surface area contributed by atoms with Crippen molar-refractivity contribution in [1.82, 2.24) is 15.1 Å². The third-order valence-electron chi connectivity index (χ3n) is 3.76. The number of nitrogens with zero attached hydrogens (tertiary/aromatic N) is 3. The van der Waals surface area contributed by atoms with Crippen LogP contribution in [-0.2, 0) is 0 Å². The van der Waals surface area contributed by atoms with Crippen molar-refractivity contribution in [2.24, 2.45) is 0 Å². The Balaban J connectivity index is 1.63. The van der Waals surface area contributed by atoms with E-state index in [1.165, 1.54) is 24.2 Å². The van der Waals surface area contributed by atoms with Crippen molar-refractivity contribution in [1.29, 1.82) is 0 Å². The predicted octanol–water partition coefficient (Wildman–Crippen LogP) is 3.64. The molecule has 0 radical (unpaired) electrons. The van der Waals surface area contributed by atoms with Crippen LogP contribution < -0.4 is 5.32 Å². The van der Waals surface area contributed by atoms with Crippen molar-refractivity contribution >= 4 is 22.5 Å². The molecule has 1 aliphatic carbocycles. The van der Waals surface area contributed by atoms with Crippen LogP contribution in [0.5, 0.6) is 0 Å². The summed E-state index contributed by atoms with van der Waals surface area (Å²) in [5, 5.41) is 12.6. The van der Waals surface area contributed by atoms with E-state index in [2.05, 4.69) is 15.5 Å². The van der Waals surface area contributed by atoms with Crippen LogP contribution >= 0.6 is 11.3 Å². The minimum atomic E-state index is -0.162. The fraction of sp³-hybridized carbons (Fsp3) is 0.400. The largest absolute Gasteiger partial charge is 0.323 e. The standard InChI is InChI=1S/C15H18N4OS/c1-10(11-6-4-3-5-7-11)19(2)15(20)16-14-18-17-13(21-14)12-8-9-12/h3-7,10,12H,8-9H2,1-2H3,(H,16,18,20)/t10-/m1/s1. The summed E-state index contributed by atoms with van der Waals surface area (Å²) >= 11 is 1.48. The van der Waals surface area contributed by atoms with E-state index in [0.29, 0.717) is 11.0 Å². The Morgan fingerprint density at radius 2 is 2.05 bits per heavy atom. The molecule has 21 heavy (non-hydrogen) atoms. The highest BCUT2D eigenvalue weighted by Gasteiger charge is 2.28. The van der Waals surface area contributed by atoms with E-state index >= 15 is 0 Å². The number of hydrogen-bond donors (Lipinski definition) is 1. The minimum Gasteiger partial charge on any atom is -0.321 e. The second-order valence-electron chi connectivity index (χ2n) is 5.35. The van der Waals surface area contributed by atoms with Gasteiger partial charge in [0.25, 0.3) is 0 Å². The van der Waals surface area contributed by atoms with Crippen molar-refractivity contribution in [2.45, 2.75) is 31.7 Å². The van der Waals surface area contributed by atoms with E-state index in [9.17, 15) is 4.79 Å². The molecule has 1 atom stereocenters. The topological polar surface area (TPSA) is 58.1 Å². The van der Waals surface area contributed by atoms with E-state index < -0.39 is 0 Å². The van der Waals surface area contributed by atoms with Gasteiger partial charge in [0.05, 0.1) is 6.04 Å². The molecule has 0 bridgehead atoms. The van der Waals surface area contributed by atoms with Crippen LogP contribution in [-0.4, -0.2) is 28.2 Å². The fourth-order valence-electron chi connectivity index (χ4n) is 2.09. The number of anilines is 1. The summed E-state index contributed by atoms with van der Waals surface area (Å²) in [6, 6.07) is 9.80. The van der Waals surface area contributed by atoms with E-state index in [4.69, 9.17) is 0 Å². The van der Waals surface area contributed by atoms with Crippen LogP contribution in [0.3, 0.4) is 0 Å². The van der Waals surface area contributed by atoms with Crippen molar-refractivity contribution in [3.05, 3.63) is 40.9 Å². The molecular weight excluding hydrogens is 284 g/mol. The smallest absolute Gasteiger partial charge is 0.321 e. The second kappa shape index (κ2) is 5.81. The lowest BCUT2D eigenvalue weighted by Gasteiger charge is -2.24. The summed E-state index contributed by atoms with van der Waals surface area (Å²) in [7, 11) is 1.79. The molecule has 1 N–H and O–H groups in total. The van der Waals surface area contributed by atoms with Crippen LogP contribution in [0.25, 0.3) is 0 Å². The average molecular weight is 302 g/mol. The molecule has 1 aromatic carbocycles. The van der Waals surface area contributed by atoms with Gasteiger partial charge in [0.2, 0.25) is 5.13 Å². The van der Waals surface area contributed by atoms with Crippen molar-refractivity contribution in [3.63, 3.8) is 0 Å². The fourth-order valence-corrected chi connectivity index (χ4v) is 2.99. The van der Waals surface area contributed by atoms with Gasteiger partial charge in [0, 0.05) is 13.0 Å². The molecule has 6 heteroatoms. The van der Waals surface area contributed by atoms with Gasteiger partial charge in [-0.3, -0.25) is 5.32 Å². The number of nitrogens with one attached hydrogen (secondary N) is 1. The van der Waals surface area contributed by atoms with Crippen LogP contribution in [0, 0.1) is 0 Å². The molecule has 2 amide bonds. The molecule has 5 nitrogen and oxygen atoms in total. The van der Waals surface area contributed by atoms with E-state index in [1.807, 2.05) is 37.3 Å². The van der Waals surface area contributed by atoms with Gasteiger partial charge in [-0.05, 0) is 25.3 Å². The third kappa shape index (κ3) is 3.21. The second-order valence-corrected chi connectivity index (χ2v) is 6.36. The van der Waals surface area contributed by atoms with E-state index in [0.717, 1.165) is 10.6 Å². The highest BCUT2D eigenvalue weighted by atomic mass is 32.1. The number of carbonyl (C=O) groups excluding carboxylic acids is 1. The highest BCUT2D eigenvalue weighted by molar-refractivity contribution is 7.15. The van der Waals surface area contributed by atoms with Gasteiger partial charge in [-0.2, -0.15) is 0 Å². The van der Waals surface area contributed by atoms with Gasteiger partial charge in [-0.15, -0.1) is 10.2 Å². The normalized spacial score (nSPS) is 15.5. The van der Waals surface area contributed by atoms with Crippen LogP contribution in [0.1, 0.15) is 42.3 Å². The lowest BCUT2D eigenvalue weighted by atomic mass is 10.1. The van der Waals surface area contributed by atoms with E-state index in [1.54, 1.807) is 11.9 Å². The van der Waals surface area contributed by atoms with Gasteiger partial charge >= 0.3 is 6.03 Å². The number of carbonyl (C=O) groups is 1. The molecule has 1 fully saturated rings. The van der Waals surface area contributed by atoms with Gasteiger partial charge in [0.1, 0.15) is 5.01 Å². The zero-order valence-electron chi connectivity index (χ0n) is 12.1. The Morgan fingerprint density at radius 3 is 2.71 bits per heavy atom. The molecule has 0 aliphatic heterocycles. The molecule has 1 aliphatic rings. The molecule has 2 aromatic rings. The number of benzene rings is 1. The molecule has 1 saturated carbocycles. The van der Waals surface area contributed by atoms with Gasteiger partial charge in [-0.25, -0.2) is 4.79 Å². The quantitative estimate of drug-likeness (QED) is 0.938. The van der Waals surface area contributed by atoms with Crippen molar-refractivity contribution in [3.8, 4) is 0 Å². The number of aromatic nitrogens is 2. The summed E-state index contributed by atoms with van der Waals surface area (Å²) in [5.74, 6) is 0.564. The average Bonchev–Trinajstić information content (AvgIpc) is 3.27. The lowest BCUT2D eigenvalue weighted by molar-refractivity contribution is 0.208. The molecule has 0 unspecified atom stereocenters. The SMILES string of the molecule is C[C@H](c1ccccc1)N(C)C(=O)Nc1nnc(C2CC2)s1. The lowest BCUT2D eigenvalue weighted by Crippen LogP contribution is -2.33. The number of amides is 2. The van der Waals surface area contributed by atoms with Gasteiger partial charge in [0.15, 0.2) is 0 Å². The molecule has 0 saturated heterocycles. The van der Waals surface area contributed by atoms with Crippen LogP contribution in [0.2, 0.25) is 0 Å². The summed E-state index contributed by atoms with van der Waals surface area (Å²) in [5.41, 5.74) is 1.10. The first-order chi connectivity index (χ1) is 10.1. The predicted molar refractivity (Wildman–Crippen MR) is 83.5 cm³/mol. The molecule has 1 heterocycles. The number of rotatable bonds is 4. The monoisotopic (exact) mass is 302 g/mol. The maximum Gasteiger partial charge on any atom is 0.323 e. The summed E-state index contributed by atoms with van der Waals surface area (Å²) < 4.78 is 0. The first-order valence-electron chi connectivity index (χ1n) is 7.07. The Kier molecular flexibility index (Phi) is 3.88. The van der Waals surface area contributed by atoms with E-state index in [-0.39, 0.29) is 12.1 Å². The third-order valence-corrected chi connectivity index (χ3v) is 4.77. The maximum absolute atomic E-state index is 12.3. The summed E-state index contributed by atoms with van der Waals surface area (Å²) in [6.07, 6.45) is 2.38. The highest BCUT2D eigenvalue weighted by Crippen LogP contribution is 2.42. The molecule has 3 rings (SSSR count). The van der Waals surface area contributed by atoms with Gasteiger partial charge in [-0.1, -0.05) is 41.7 Å². The molecular formula is C15H18N4OS. The summed E-state index contributed by atoms with van der Waals surface area (Å²) in [4.78, 5) is 13.9. The molecule has 0 spiro atoms. The minimum absolute atomic E-state index is 0.00187. The molecule has 1 aromatic heterocycles. The zero-order valence-corrected chi connectivity index (χ0v) is 12.9. The number of urea groups is 1. The van der Waals surface area contributed by atoms with Gasteiger partial charge < -0.3 is 4.90 Å². The van der Waals surface area contributed by atoms with Crippen LogP contribution in [0.4, 0.5) is 9.93 Å². The zero-order chi connectivity index (χ0) is 14.8. The Hall–Kier alpha value is -1.95. The first kappa shape index (κ1) is 14.0. The Morgan fingerprint density at radius 1 is 1.33 bits per heavy atom. The number of hydrogen-bond acceptors (Lipinski definition) is 4. The van der Waals surface area contributed by atoms with Crippen LogP contribution in [0.15, 0.2) is 30.3 Å². The Labute approximate surface area is 128 Å². The summed E-state index contributed by atoms with van der Waals surface area (Å²) in [6.45, 7) is 2.00. The first-order valence-corrected chi connectivity index (χ1v) is 7.89. The molecule has 110 valence electrons. The Bertz CT molecular complexity index is 624. The van der Waals surface area contributed by atoms with Crippen molar-refractivity contribution < 1.29 is 4.79 Å².